The van der Waals surface area contributed by atoms with Crippen LogP contribution in [-0.2, 0) is 16.1 Å². The highest BCUT2D eigenvalue weighted by molar-refractivity contribution is 6.30. The molecule has 5 N–H and O–H groups in total. The first kappa shape index (κ1) is 28.2. The maximum atomic E-state index is 13.8. The fraction of sp³-hybridized carbons (Fsp3) is 0.483. The van der Waals surface area contributed by atoms with Gasteiger partial charge in [0, 0.05) is 29.2 Å². The number of carbonyl (C=O) groups is 3. The van der Waals surface area contributed by atoms with Gasteiger partial charge in [0.25, 0.3) is 0 Å². The van der Waals surface area contributed by atoms with Crippen molar-refractivity contribution >= 4 is 17.5 Å². The zero-order valence-corrected chi connectivity index (χ0v) is 22.1. The van der Waals surface area contributed by atoms with Gasteiger partial charge in [0.1, 0.15) is 35.6 Å². The van der Waals surface area contributed by atoms with E-state index in [0.717, 1.165) is 19.3 Å². The van der Waals surface area contributed by atoms with E-state index in [1.807, 2.05) is 0 Å². The number of hydrogen-bond acceptors (Lipinski definition) is 11. The Bertz CT molecular complexity index is 1360. The maximum absolute atomic E-state index is 13.8. The topological polar surface area (TPSA) is 180 Å². The van der Waals surface area contributed by atoms with E-state index in [1.165, 1.54) is 32.0 Å². The largest absolute Gasteiger partial charge is 0.507 e. The van der Waals surface area contributed by atoms with Crippen LogP contribution in [0.5, 0.6) is 17.2 Å². The zero-order chi connectivity index (χ0) is 28.9. The number of ketones is 2. The number of carbonyl (C=O) groups excluding carboxylic acids is 3. The number of aliphatic hydroxyl groups is 4. The molecule has 1 saturated heterocycles. The lowest BCUT2D eigenvalue weighted by Crippen LogP contribution is -2.58. The second kappa shape index (κ2) is 10.9. The van der Waals surface area contributed by atoms with Crippen LogP contribution in [0.4, 0.5) is 0 Å². The summed E-state index contributed by atoms with van der Waals surface area (Å²) in [5, 5.41) is 52.5. The molecule has 0 unspecified atom stereocenters. The van der Waals surface area contributed by atoms with E-state index < -0.39 is 60.6 Å². The van der Waals surface area contributed by atoms with E-state index in [1.54, 1.807) is 0 Å². The molecular weight excluding hydrogens is 524 g/mol. The van der Waals surface area contributed by atoms with Crippen molar-refractivity contribution in [2.75, 3.05) is 0 Å². The molecular formula is C29H32O11. The monoisotopic (exact) mass is 556 g/mol. The molecule has 40 heavy (non-hydrogen) atoms. The van der Waals surface area contributed by atoms with Gasteiger partial charge in [-0.1, -0.05) is 19.3 Å². The minimum Gasteiger partial charge on any atom is -0.507 e. The van der Waals surface area contributed by atoms with E-state index in [0.29, 0.717) is 12.8 Å². The van der Waals surface area contributed by atoms with E-state index >= 15 is 0 Å². The molecule has 11 nitrogen and oxygen atoms in total. The van der Waals surface area contributed by atoms with Crippen molar-refractivity contribution in [3.05, 3.63) is 51.6 Å². The summed E-state index contributed by atoms with van der Waals surface area (Å²) in [6, 6.07) is 3.85. The molecule has 1 saturated carbocycles. The van der Waals surface area contributed by atoms with Gasteiger partial charge in [0.2, 0.25) is 6.29 Å². The number of aromatic hydroxyl groups is 1. The van der Waals surface area contributed by atoms with Crippen molar-refractivity contribution in [3.63, 3.8) is 0 Å². The van der Waals surface area contributed by atoms with Crippen LogP contribution in [-0.4, -0.2) is 73.8 Å². The number of fused-ring (bicyclic) bond motifs is 2. The third-order valence-electron chi connectivity index (χ3n) is 7.94. The molecule has 2 aromatic carbocycles. The Hall–Kier alpha value is -3.35. The van der Waals surface area contributed by atoms with Gasteiger partial charge < -0.3 is 39.7 Å². The SMILES string of the molecule is CC(=O)Oc1cc(CO)c2c(c1)C(=O)c1cc(O[C@H]3O[C@@H](C)[C@@H](O)[C@@H](O)[C@H]3O)c(C3CCCCC3)c(O)c1C2=O. The van der Waals surface area contributed by atoms with Gasteiger partial charge in [-0.2, -0.15) is 0 Å². The summed E-state index contributed by atoms with van der Waals surface area (Å²) in [5.74, 6) is -2.68. The van der Waals surface area contributed by atoms with Gasteiger partial charge in [0.15, 0.2) is 11.6 Å². The third kappa shape index (κ3) is 4.77. The van der Waals surface area contributed by atoms with Crippen LogP contribution in [0.3, 0.4) is 0 Å². The van der Waals surface area contributed by atoms with Crippen molar-refractivity contribution < 1.29 is 54.1 Å². The quantitative estimate of drug-likeness (QED) is 0.229. The normalized spacial score (nSPS) is 26.7. The maximum Gasteiger partial charge on any atom is 0.308 e. The molecule has 2 aliphatic carbocycles. The van der Waals surface area contributed by atoms with Crippen molar-refractivity contribution in [2.45, 2.75) is 89.2 Å². The minimum atomic E-state index is -1.64. The Labute approximate surface area is 229 Å². The summed E-state index contributed by atoms with van der Waals surface area (Å²) < 4.78 is 16.7. The van der Waals surface area contributed by atoms with Crippen LogP contribution < -0.4 is 9.47 Å². The molecule has 3 aliphatic rings. The zero-order valence-electron chi connectivity index (χ0n) is 22.1. The van der Waals surface area contributed by atoms with Gasteiger partial charge in [-0.15, -0.1) is 0 Å². The van der Waals surface area contributed by atoms with Gasteiger partial charge in [-0.3, -0.25) is 14.4 Å². The molecule has 214 valence electrons. The number of phenols is 1. The molecule has 0 radical (unpaired) electrons. The average Bonchev–Trinajstić information content (AvgIpc) is 2.92. The predicted octanol–water partition coefficient (Wildman–Crippen LogP) is 1.84. The lowest BCUT2D eigenvalue weighted by molar-refractivity contribution is -0.268. The molecule has 1 aliphatic heterocycles. The van der Waals surface area contributed by atoms with Crippen LogP contribution >= 0.6 is 0 Å². The Morgan fingerprint density at radius 2 is 1.62 bits per heavy atom. The van der Waals surface area contributed by atoms with E-state index in [4.69, 9.17) is 14.2 Å². The fourth-order valence-electron chi connectivity index (χ4n) is 5.93. The van der Waals surface area contributed by atoms with Crippen LogP contribution in [0, 0.1) is 0 Å². The third-order valence-corrected chi connectivity index (χ3v) is 7.94. The van der Waals surface area contributed by atoms with Gasteiger partial charge in [0.05, 0.1) is 18.3 Å². The van der Waals surface area contributed by atoms with Crippen LogP contribution in [0.2, 0.25) is 0 Å². The Balaban J connectivity index is 1.66. The van der Waals surface area contributed by atoms with Crippen molar-refractivity contribution in [2.24, 2.45) is 0 Å². The number of rotatable bonds is 5. The average molecular weight is 557 g/mol. The molecule has 0 spiro atoms. The molecule has 2 aromatic rings. The van der Waals surface area contributed by atoms with E-state index in [-0.39, 0.29) is 50.8 Å². The smallest absolute Gasteiger partial charge is 0.308 e. The van der Waals surface area contributed by atoms with Gasteiger partial charge in [-0.05, 0) is 49.4 Å². The molecule has 5 atom stereocenters. The molecule has 2 fully saturated rings. The molecule has 0 amide bonds. The summed E-state index contributed by atoms with van der Waals surface area (Å²) in [5.41, 5.74) is -0.253. The molecule has 0 bridgehead atoms. The fourth-order valence-corrected chi connectivity index (χ4v) is 5.93. The van der Waals surface area contributed by atoms with E-state index in [9.17, 15) is 39.9 Å². The van der Waals surface area contributed by atoms with Crippen LogP contribution in [0.1, 0.15) is 94.8 Å². The summed E-state index contributed by atoms with van der Waals surface area (Å²) >= 11 is 0. The number of ether oxygens (including phenoxy) is 3. The minimum absolute atomic E-state index is 0.00566. The molecule has 11 heteroatoms. The number of hydrogen-bond donors (Lipinski definition) is 5. The lowest BCUT2D eigenvalue weighted by atomic mass is 9.77. The highest BCUT2D eigenvalue weighted by atomic mass is 16.7. The van der Waals surface area contributed by atoms with Crippen molar-refractivity contribution in [3.8, 4) is 17.2 Å². The number of phenolic OH excluding ortho intramolecular Hbond substituents is 1. The first-order valence-corrected chi connectivity index (χ1v) is 13.3. The second-order valence-electron chi connectivity index (χ2n) is 10.6. The highest BCUT2D eigenvalue weighted by Crippen LogP contribution is 2.48. The predicted molar refractivity (Wildman–Crippen MR) is 137 cm³/mol. The first-order chi connectivity index (χ1) is 19.0. The van der Waals surface area contributed by atoms with Crippen LogP contribution in [0.15, 0.2) is 18.2 Å². The summed E-state index contributed by atoms with van der Waals surface area (Å²) in [6.45, 7) is 2.06. The van der Waals surface area contributed by atoms with E-state index in [2.05, 4.69) is 0 Å². The molecule has 1 heterocycles. The second-order valence-corrected chi connectivity index (χ2v) is 10.6. The summed E-state index contributed by atoms with van der Waals surface area (Å²) in [7, 11) is 0. The standard InChI is InChI=1S/C29H32O11/c1-12-23(32)27(36)28(37)29(38-12)40-19-10-18-22(26(35)21(19)14-6-4-3-5-7-14)25(34)20-15(11-30)8-16(39-13(2)31)9-17(20)24(18)33/h8-10,12,14,23,27-30,32,35-37H,3-7,11H2,1-2H3/t12-,23+,27+,28+,29+/m0/s1. The Morgan fingerprint density at radius 3 is 2.27 bits per heavy atom. The van der Waals surface area contributed by atoms with Crippen molar-refractivity contribution in [1.82, 2.24) is 0 Å². The number of aliphatic hydroxyl groups excluding tert-OH is 4. The van der Waals surface area contributed by atoms with Gasteiger partial charge >= 0.3 is 5.97 Å². The lowest BCUT2D eigenvalue weighted by Gasteiger charge is -2.39. The number of benzene rings is 2. The molecule has 5 rings (SSSR count). The first-order valence-electron chi connectivity index (χ1n) is 13.3. The summed E-state index contributed by atoms with van der Waals surface area (Å²) in [4.78, 5) is 39.1. The summed E-state index contributed by atoms with van der Waals surface area (Å²) in [6.07, 6.45) is -2.78. The Kier molecular flexibility index (Phi) is 7.68. The Morgan fingerprint density at radius 1 is 0.950 bits per heavy atom. The highest BCUT2D eigenvalue weighted by Gasteiger charge is 2.44. The van der Waals surface area contributed by atoms with Gasteiger partial charge in [-0.25, -0.2) is 0 Å². The van der Waals surface area contributed by atoms with Crippen LogP contribution in [0.25, 0.3) is 0 Å². The number of esters is 1. The van der Waals surface area contributed by atoms with Crippen molar-refractivity contribution in [1.29, 1.82) is 0 Å². The molecule has 0 aromatic heterocycles.